The fourth-order valence-electron chi connectivity index (χ4n) is 1.75. The molecule has 0 aromatic carbocycles. The average molecular weight is 192 g/mol. The van der Waals surface area contributed by atoms with E-state index in [0.717, 1.165) is 30.4 Å². The number of ether oxygens (including phenoxy) is 1. The highest BCUT2D eigenvalue weighted by molar-refractivity contribution is 5.54. The van der Waals surface area contributed by atoms with E-state index in [0.29, 0.717) is 5.92 Å². The van der Waals surface area contributed by atoms with Gasteiger partial charge in [-0.3, -0.25) is 0 Å². The van der Waals surface area contributed by atoms with E-state index in [2.05, 4.69) is 30.2 Å². The predicted molar refractivity (Wildman–Crippen MR) is 57.0 cm³/mol. The van der Waals surface area contributed by atoms with Crippen molar-refractivity contribution in [2.24, 2.45) is 0 Å². The number of pyridine rings is 1. The van der Waals surface area contributed by atoms with Crippen LogP contribution in [0.2, 0.25) is 0 Å². The smallest absolute Gasteiger partial charge is 0.169 e. The molecule has 0 aliphatic carbocycles. The molecule has 0 radical (unpaired) electrons. The number of nitrogens with one attached hydrogen (secondary N) is 1. The summed E-state index contributed by atoms with van der Waals surface area (Å²) in [5.41, 5.74) is 2.37. The molecule has 3 nitrogen and oxygen atoms in total. The largest absolute Gasteiger partial charge is 0.488 e. The first-order chi connectivity index (χ1) is 6.68. The van der Waals surface area contributed by atoms with E-state index in [-0.39, 0.29) is 0 Å². The lowest BCUT2D eigenvalue weighted by atomic mass is 10.0. The molecule has 0 bridgehead atoms. The molecule has 2 rings (SSSR count). The van der Waals surface area contributed by atoms with E-state index in [1.807, 2.05) is 6.92 Å². The molecule has 1 aromatic heterocycles. The number of fused-ring (bicyclic) bond motifs is 1. The van der Waals surface area contributed by atoms with Gasteiger partial charge in [0.05, 0.1) is 6.54 Å². The van der Waals surface area contributed by atoms with Gasteiger partial charge in [-0.05, 0) is 24.5 Å². The lowest BCUT2D eigenvalue weighted by molar-refractivity contribution is 0.320. The first-order valence-electron chi connectivity index (χ1n) is 5.06. The van der Waals surface area contributed by atoms with Gasteiger partial charge >= 0.3 is 0 Å². The quantitative estimate of drug-likeness (QED) is 0.741. The standard InChI is InChI=1S/C11H16N2O/c1-7(2)9-6-10-11(13-8(9)3)12-4-5-14-10/h6-7H,4-5H2,1-3H3,(H,12,13). The molecular weight excluding hydrogens is 176 g/mol. The number of aromatic nitrogens is 1. The van der Waals surface area contributed by atoms with Crippen molar-refractivity contribution in [3.8, 4) is 5.75 Å². The zero-order valence-corrected chi connectivity index (χ0v) is 8.92. The molecule has 0 atom stereocenters. The first-order valence-corrected chi connectivity index (χ1v) is 5.06. The Morgan fingerprint density at radius 2 is 2.29 bits per heavy atom. The normalized spacial score (nSPS) is 14.6. The lowest BCUT2D eigenvalue weighted by Crippen LogP contribution is -2.19. The Kier molecular flexibility index (Phi) is 2.32. The molecule has 3 heteroatoms. The van der Waals surface area contributed by atoms with Crippen LogP contribution in [0.1, 0.15) is 31.0 Å². The number of hydrogen-bond acceptors (Lipinski definition) is 3. The summed E-state index contributed by atoms with van der Waals surface area (Å²) in [6, 6.07) is 2.11. The number of anilines is 1. The molecule has 0 fully saturated rings. The van der Waals surface area contributed by atoms with Crippen molar-refractivity contribution in [3.63, 3.8) is 0 Å². The summed E-state index contributed by atoms with van der Waals surface area (Å²) in [6.07, 6.45) is 0. The molecule has 0 spiro atoms. The highest BCUT2D eigenvalue weighted by Gasteiger charge is 2.15. The van der Waals surface area contributed by atoms with Crippen LogP contribution in [0.25, 0.3) is 0 Å². The molecule has 2 heterocycles. The third-order valence-corrected chi connectivity index (χ3v) is 2.49. The number of hydrogen-bond donors (Lipinski definition) is 1. The Labute approximate surface area is 84.5 Å². The summed E-state index contributed by atoms with van der Waals surface area (Å²) in [7, 11) is 0. The first kappa shape index (κ1) is 9.31. The van der Waals surface area contributed by atoms with Gasteiger partial charge in [-0.15, -0.1) is 0 Å². The molecule has 0 amide bonds. The molecule has 0 saturated heterocycles. The van der Waals surface area contributed by atoms with Gasteiger partial charge in [0.15, 0.2) is 11.6 Å². The van der Waals surface area contributed by atoms with Crippen LogP contribution in [0.3, 0.4) is 0 Å². The van der Waals surface area contributed by atoms with Crippen molar-refractivity contribution >= 4 is 5.82 Å². The fourth-order valence-corrected chi connectivity index (χ4v) is 1.75. The maximum Gasteiger partial charge on any atom is 0.169 e. The van der Waals surface area contributed by atoms with Crippen LogP contribution in [-0.4, -0.2) is 18.1 Å². The van der Waals surface area contributed by atoms with Crippen LogP contribution in [0.15, 0.2) is 6.07 Å². The van der Waals surface area contributed by atoms with Crippen molar-refractivity contribution in [2.45, 2.75) is 26.7 Å². The second kappa shape index (κ2) is 3.48. The lowest BCUT2D eigenvalue weighted by Gasteiger charge is -2.20. The summed E-state index contributed by atoms with van der Waals surface area (Å²) < 4.78 is 5.54. The SMILES string of the molecule is Cc1nc2c(cc1C(C)C)OCCN2. The van der Waals surface area contributed by atoms with Gasteiger partial charge in [0.25, 0.3) is 0 Å². The number of nitrogens with zero attached hydrogens (tertiary/aromatic N) is 1. The Bertz CT molecular complexity index is 347. The van der Waals surface area contributed by atoms with Crippen molar-refractivity contribution in [2.75, 3.05) is 18.5 Å². The van der Waals surface area contributed by atoms with Crippen LogP contribution in [0.5, 0.6) is 5.75 Å². The van der Waals surface area contributed by atoms with Gasteiger partial charge in [-0.1, -0.05) is 13.8 Å². The zero-order chi connectivity index (χ0) is 10.1. The third kappa shape index (κ3) is 1.54. The summed E-state index contributed by atoms with van der Waals surface area (Å²) >= 11 is 0. The fraction of sp³-hybridized carbons (Fsp3) is 0.545. The topological polar surface area (TPSA) is 34.1 Å². The van der Waals surface area contributed by atoms with Crippen LogP contribution in [0, 0.1) is 6.92 Å². The maximum absolute atomic E-state index is 5.54. The minimum atomic E-state index is 0.498. The van der Waals surface area contributed by atoms with Crippen LogP contribution in [0.4, 0.5) is 5.82 Å². The minimum Gasteiger partial charge on any atom is -0.488 e. The van der Waals surface area contributed by atoms with Crippen LogP contribution < -0.4 is 10.1 Å². The Morgan fingerprint density at radius 3 is 3.00 bits per heavy atom. The van der Waals surface area contributed by atoms with E-state index in [1.54, 1.807) is 0 Å². The van der Waals surface area contributed by atoms with Crippen molar-refractivity contribution in [1.29, 1.82) is 0 Å². The Hall–Kier alpha value is -1.25. The van der Waals surface area contributed by atoms with E-state index in [9.17, 15) is 0 Å². The maximum atomic E-state index is 5.54. The summed E-state index contributed by atoms with van der Waals surface area (Å²) in [6.45, 7) is 7.97. The predicted octanol–water partition coefficient (Wildman–Crippen LogP) is 2.32. The number of aryl methyl sites for hydroxylation is 1. The van der Waals surface area contributed by atoms with Crippen molar-refractivity contribution < 1.29 is 4.74 Å². The molecule has 0 unspecified atom stereocenters. The van der Waals surface area contributed by atoms with Crippen molar-refractivity contribution in [1.82, 2.24) is 4.98 Å². The van der Waals surface area contributed by atoms with Gasteiger partial charge < -0.3 is 10.1 Å². The second-order valence-corrected chi connectivity index (χ2v) is 3.94. The molecule has 0 saturated carbocycles. The highest BCUT2D eigenvalue weighted by atomic mass is 16.5. The van der Waals surface area contributed by atoms with Crippen LogP contribution >= 0.6 is 0 Å². The summed E-state index contributed by atoms with van der Waals surface area (Å²) in [5, 5.41) is 3.23. The van der Waals surface area contributed by atoms with E-state index >= 15 is 0 Å². The molecule has 1 aromatic rings. The number of rotatable bonds is 1. The highest BCUT2D eigenvalue weighted by Crippen LogP contribution is 2.30. The minimum absolute atomic E-state index is 0.498. The van der Waals surface area contributed by atoms with E-state index < -0.39 is 0 Å². The van der Waals surface area contributed by atoms with Gasteiger partial charge in [0.1, 0.15) is 6.61 Å². The van der Waals surface area contributed by atoms with E-state index in [1.165, 1.54) is 5.56 Å². The van der Waals surface area contributed by atoms with Gasteiger partial charge in [-0.25, -0.2) is 4.98 Å². The van der Waals surface area contributed by atoms with Gasteiger partial charge in [-0.2, -0.15) is 0 Å². The third-order valence-electron chi connectivity index (χ3n) is 2.49. The van der Waals surface area contributed by atoms with Crippen LogP contribution in [-0.2, 0) is 0 Å². The average Bonchev–Trinajstić information content (AvgIpc) is 2.16. The monoisotopic (exact) mass is 192 g/mol. The molecule has 1 aliphatic heterocycles. The van der Waals surface area contributed by atoms with E-state index in [4.69, 9.17) is 4.74 Å². The van der Waals surface area contributed by atoms with Gasteiger partial charge in [0, 0.05) is 5.69 Å². The Balaban J connectivity index is 2.45. The van der Waals surface area contributed by atoms with Crippen molar-refractivity contribution in [3.05, 3.63) is 17.3 Å². The Morgan fingerprint density at radius 1 is 1.50 bits per heavy atom. The molecule has 14 heavy (non-hydrogen) atoms. The molecule has 1 aliphatic rings. The second-order valence-electron chi connectivity index (χ2n) is 3.94. The molecule has 1 N–H and O–H groups in total. The molecule has 76 valence electrons. The summed E-state index contributed by atoms with van der Waals surface area (Å²) in [4.78, 5) is 4.50. The zero-order valence-electron chi connectivity index (χ0n) is 8.92. The molecular formula is C11H16N2O. The summed E-state index contributed by atoms with van der Waals surface area (Å²) in [5.74, 6) is 2.28. The van der Waals surface area contributed by atoms with Gasteiger partial charge in [0.2, 0.25) is 0 Å².